The van der Waals surface area contributed by atoms with Crippen LogP contribution < -0.4 is 4.90 Å². The summed E-state index contributed by atoms with van der Waals surface area (Å²) in [6.45, 7) is 7.02. The summed E-state index contributed by atoms with van der Waals surface area (Å²) in [5, 5.41) is 21.4. The zero-order valence-electron chi connectivity index (χ0n) is 21.3. The van der Waals surface area contributed by atoms with Crippen molar-refractivity contribution in [3.63, 3.8) is 0 Å². The number of benzene rings is 1. The molecule has 12 heteroatoms. The second-order valence-electron chi connectivity index (χ2n) is 8.17. The fourth-order valence-electron chi connectivity index (χ4n) is 3.99. The van der Waals surface area contributed by atoms with Gasteiger partial charge in [0.25, 0.3) is 5.69 Å². The van der Waals surface area contributed by atoms with Gasteiger partial charge in [0.05, 0.1) is 42.5 Å². The third-order valence-corrected chi connectivity index (χ3v) is 7.03. The van der Waals surface area contributed by atoms with Gasteiger partial charge in [0.2, 0.25) is 0 Å². The topological polar surface area (TPSA) is 149 Å². The number of rotatable bonds is 10. The first-order valence-corrected chi connectivity index (χ1v) is 12.8. The lowest BCUT2D eigenvalue weighted by Crippen LogP contribution is -2.36. The minimum atomic E-state index is -0.684. The minimum Gasteiger partial charge on any atom is -0.462 e. The second-order valence-corrected chi connectivity index (χ2v) is 9.27. The number of esters is 2. The van der Waals surface area contributed by atoms with E-state index in [9.17, 15) is 29.8 Å². The molecule has 1 aliphatic rings. The van der Waals surface area contributed by atoms with Crippen molar-refractivity contribution in [3.05, 3.63) is 60.3 Å². The van der Waals surface area contributed by atoms with Crippen LogP contribution in [0.2, 0.25) is 0 Å². The lowest BCUT2D eigenvalue weighted by atomic mass is 10.0. The van der Waals surface area contributed by atoms with Crippen LogP contribution in [-0.4, -0.2) is 62.2 Å². The number of ether oxygens (including phenoxy) is 3. The maximum atomic E-state index is 13.1. The highest BCUT2D eigenvalue weighted by Crippen LogP contribution is 2.32. The average molecular weight is 542 g/mol. The molecule has 0 atom stereocenters. The van der Waals surface area contributed by atoms with Crippen LogP contribution in [-0.2, 0) is 25.4 Å². The number of hydrogen-bond acceptors (Lipinski definition) is 11. The summed E-state index contributed by atoms with van der Waals surface area (Å²) in [6.07, 6.45) is 0.932. The van der Waals surface area contributed by atoms with Crippen LogP contribution in [0.5, 0.6) is 0 Å². The molecule has 1 aromatic carbocycles. The van der Waals surface area contributed by atoms with Crippen molar-refractivity contribution in [2.45, 2.75) is 27.2 Å². The van der Waals surface area contributed by atoms with Crippen LogP contribution in [0.3, 0.4) is 0 Å². The van der Waals surface area contributed by atoms with Gasteiger partial charge >= 0.3 is 11.9 Å². The molecule has 0 bridgehead atoms. The largest absolute Gasteiger partial charge is 0.462 e. The number of anilines is 1. The smallest absolute Gasteiger partial charge is 0.348 e. The Morgan fingerprint density at radius 3 is 2.45 bits per heavy atom. The Morgan fingerprint density at radius 2 is 1.84 bits per heavy atom. The van der Waals surface area contributed by atoms with E-state index in [1.807, 2.05) is 11.0 Å². The monoisotopic (exact) mass is 541 g/mol. The van der Waals surface area contributed by atoms with Gasteiger partial charge in [-0.2, -0.15) is 5.26 Å². The minimum absolute atomic E-state index is 0.0936. The summed E-state index contributed by atoms with van der Waals surface area (Å²) >= 11 is 0.937. The summed E-state index contributed by atoms with van der Waals surface area (Å²) < 4.78 is 15.5. The third-order valence-electron chi connectivity index (χ3n) is 5.76. The van der Waals surface area contributed by atoms with Gasteiger partial charge in [0.15, 0.2) is 5.78 Å². The van der Waals surface area contributed by atoms with Gasteiger partial charge in [-0.25, -0.2) is 9.59 Å². The van der Waals surface area contributed by atoms with Crippen molar-refractivity contribution < 1.29 is 33.5 Å². The number of ketones is 1. The molecule has 0 aliphatic carbocycles. The van der Waals surface area contributed by atoms with Crippen molar-refractivity contribution in [1.82, 2.24) is 0 Å². The molecule has 0 saturated carbocycles. The van der Waals surface area contributed by atoms with E-state index in [1.165, 1.54) is 12.1 Å². The normalized spacial score (nSPS) is 13.5. The summed E-state index contributed by atoms with van der Waals surface area (Å²) in [5.41, 5.74) is 0.765. The van der Waals surface area contributed by atoms with E-state index in [0.717, 1.165) is 11.3 Å². The van der Waals surface area contributed by atoms with Crippen LogP contribution in [0.15, 0.2) is 23.8 Å². The Bertz CT molecular complexity index is 1320. The standard InChI is InChI=1S/C26H27N3O8S/c1-4-36-25(31)23-16(3)24(26(32)37-5-2)38-22(23)14-21(30)18(15-27)12-17-6-7-19(20(13-17)29(33)34)28-8-10-35-11-9-28/h6-7,12-13H,4-5,8-11,14H2,1-3H3/b18-12-. The number of nitrogens with zero attached hydrogens (tertiary/aromatic N) is 3. The molecule has 1 aromatic heterocycles. The molecule has 2 aromatic rings. The molecule has 0 amide bonds. The van der Waals surface area contributed by atoms with Crippen molar-refractivity contribution >= 4 is 46.5 Å². The lowest BCUT2D eigenvalue weighted by molar-refractivity contribution is -0.384. The number of nitro benzene ring substituents is 1. The maximum absolute atomic E-state index is 13.1. The molecule has 1 saturated heterocycles. The SMILES string of the molecule is CCOC(=O)c1sc(CC(=O)/C(C#N)=C\c2ccc(N3CCOCC3)c([N+](=O)[O-])c2)c(C(=O)OCC)c1C. The number of carbonyl (C=O) groups is 3. The molecule has 11 nitrogen and oxygen atoms in total. The predicted octanol–water partition coefficient (Wildman–Crippen LogP) is 3.87. The zero-order valence-corrected chi connectivity index (χ0v) is 22.1. The summed E-state index contributed by atoms with van der Waals surface area (Å²) in [4.78, 5) is 51.7. The molecular weight excluding hydrogens is 514 g/mol. The van der Waals surface area contributed by atoms with E-state index in [0.29, 0.717) is 43.1 Å². The van der Waals surface area contributed by atoms with Crippen molar-refractivity contribution in [3.8, 4) is 6.07 Å². The Labute approximate surface area is 223 Å². The van der Waals surface area contributed by atoms with Gasteiger partial charge in [0, 0.05) is 30.5 Å². The Kier molecular flexibility index (Phi) is 9.70. The fourth-order valence-corrected chi connectivity index (χ4v) is 5.18. The van der Waals surface area contributed by atoms with Gasteiger partial charge in [-0.05, 0) is 44.0 Å². The highest BCUT2D eigenvalue weighted by atomic mass is 32.1. The molecule has 0 N–H and O–H groups in total. The molecular formula is C26H27N3O8S. The van der Waals surface area contributed by atoms with E-state index in [2.05, 4.69) is 0 Å². The summed E-state index contributed by atoms with van der Waals surface area (Å²) in [5.74, 6) is -1.92. The quantitative estimate of drug-likeness (QED) is 0.143. The zero-order chi connectivity index (χ0) is 27.8. The molecule has 0 spiro atoms. The van der Waals surface area contributed by atoms with Crippen LogP contribution in [0.4, 0.5) is 11.4 Å². The van der Waals surface area contributed by atoms with E-state index in [-0.39, 0.29) is 46.2 Å². The number of nitro groups is 1. The van der Waals surface area contributed by atoms with Crippen LogP contribution in [0.25, 0.3) is 6.08 Å². The van der Waals surface area contributed by atoms with Crippen LogP contribution in [0, 0.1) is 28.4 Å². The number of Topliss-reactive ketones (excluding diaryl/α,β-unsaturated/α-hetero) is 1. The van der Waals surface area contributed by atoms with Crippen molar-refractivity contribution in [2.75, 3.05) is 44.4 Å². The molecule has 1 fully saturated rings. The molecule has 200 valence electrons. The number of thiophene rings is 1. The van der Waals surface area contributed by atoms with Gasteiger partial charge in [-0.3, -0.25) is 14.9 Å². The molecule has 3 rings (SSSR count). The predicted molar refractivity (Wildman–Crippen MR) is 139 cm³/mol. The number of morpholine rings is 1. The summed E-state index contributed by atoms with van der Waals surface area (Å²) in [6, 6.07) is 6.34. The molecule has 1 aliphatic heterocycles. The van der Waals surface area contributed by atoms with E-state index in [4.69, 9.17) is 14.2 Å². The Balaban J connectivity index is 1.94. The van der Waals surface area contributed by atoms with Crippen LogP contribution in [0.1, 0.15) is 49.9 Å². The van der Waals surface area contributed by atoms with Crippen molar-refractivity contribution in [1.29, 1.82) is 5.26 Å². The van der Waals surface area contributed by atoms with Crippen LogP contribution >= 0.6 is 11.3 Å². The first-order valence-electron chi connectivity index (χ1n) is 11.9. The van der Waals surface area contributed by atoms with E-state index in [1.54, 1.807) is 32.9 Å². The second kappa shape index (κ2) is 12.9. The Hall–Kier alpha value is -4.08. The molecule has 38 heavy (non-hydrogen) atoms. The van der Waals surface area contributed by atoms with E-state index >= 15 is 0 Å². The Morgan fingerprint density at radius 1 is 1.18 bits per heavy atom. The number of nitriles is 1. The molecule has 2 heterocycles. The maximum Gasteiger partial charge on any atom is 0.348 e. The fraction of sp³-hybridized carbons (Fsp3) is 0.385. The highest BCUT2D eigenvalue weighted by Gasteiger charge is 2.28. The highest BCUT2D eigenvalue weighted by molar-refractivity contribution is 7.14. The number of hydrogen-bond donors (Lipinski definition) is 0. The van der Waals surface area contributed by atoms with Gasteiger partial charge in [0.1, 0.15) is 16.6 Å². The first-order chi connectivity index (χ1) is 18.2. The van der Waals surface area contributed by atoms with Gasteiger partial charge in [-0.1, -0.05) is 6.07 Å². The van der Waals surface area contributed by atoms with E-state index < -0.39 is 22.6 Å². The molecule has 0 unspecified atom stereocenters. The first kappa shape index (κ1) is 28.5. The van der Waals surface area contributed by atoms with Crippen molar-refractivity contribution in [2.24, 2.45) is 0 Å². The third kappa shape index (κ3) is 6.42. The lowest BCUT2D eigenvalue weighted by Gasteiger charge is -2.28. The number of allylic oxidation sites excluding steroid dienone is 1. The van der Waals surface area contributed by atoms with Gasteiger partial charge in [-0.15, -0.1) is 11.3 Å². The van der Waals surface area contributed by atoms with Gasteiger partial charge < -0.3 is 19.1 Å². The average Bonchev–Trinajstić information content (AvgIpc) is 3.23. The molecule has 0 radical (unpaired) electrons. The number of carbonyl (C=O) groups excluding carboxylic acids is 3. The summed E-state index contributed by atoms with van der Waals surface area (Å²) in [7, 11) is 0.